The molecule has 0 saturated heterocycles. The minimum atomic E-state index is -3.11. The first kappa shape index (κ1) is 13.9. The first-order chi connectivity index (χ1) is 6.43. The van der Waals surface area contributed by atoms with Gasteiger partial charge >= 0.3 is 0 Å². The van der Waals surface area contributed by atoms with Gasteiger partial charge in [-0.1, -0.05) is 20.3 Å². The van der Waals surface area contributed by atoms with E-state index in [1.165, 1.54) is 0 Å². The van der Waals surface area contributed by atoms with Crippen LogP contribution in [0.1, 0.15) is 27.2 Å². The topological polar surface area (TPSA) is 58.2 Å². The molecule has 86 valence electrons. The summed E-state index contributed by atoms with van der Waals surface area (Å²) in [7, 11) is -1.37. The third-order valence-corrected chi connectivity index (χ3v) is 3.96. The van der Waals surface area contributed by atoms with Crippen molar-refractivity contribution in [2.75, 3.05) is 19.3 Å². The van der Waals surface area contributed by atoms with E-state index in [9.17, 15) is 8.42 Å². The Bertz CT molecular complexity index is 239. The van der Waals surface area contributed by atoms with Crippen LogP contribution < -0.4 is 10.0 Å². The second-order valence-corrected chi connectivity index (χ2v) is 5.59. The van der Waals surface area contributed by atoms with Gasteiger partial charge in [-0.25, -0.2) is 13.1 Å². The smallest absolute Gasteiger partial charge is 0.213 e. The van der Waals surface area contributed by atoms with Crippen LogP contribution in [0.25, 0.3) is 0 Å². The molecule has 0 fully saturated rings. The van der Waals surface area contributed by atoms with Crippen molar-refractivity contribution in [3.8, 4) is 0 Å². The lowest BCUT2D eigenvalue weighted by Gasteiger charge is -2.19. The molecule has 5 heteroatoms. The van der Waals surface area contributed by atoms with Gasteiger partial charge in [-0.3, -0.25) is 0 Å². The van der Waals surface area contributed by atoms with Crippen LogP contribution in [0.2, 0.25) is 0 Å². The normalized spacial score (nSPS) is 16.6. The third-order valence-electron chi connectivity index (χ3n) is 2.48. The van der Waals surface area contributed by atoms with Gasteiger partial charge in [0.2, 0.25) is 10.0 Å². The van der Waals surface area contributed by atoms with Crippen LogP contribution in [-0.4, -0.2) is 33.8 Å². The van der Waals surface area contributed by atoms with Crippen LogP contribution in [-0.2, 0) is 10.0 Å². The molecule has 0 aromatic heterocycles. The van der Waals surface area contributed by atoms with Crippen LogP contribution in [0.15, 0.2) is 0 Å². The molecule has 0 amide bonds. The van der Waals surface area contributed by atoms with Crippen molar-refractivity contribution in [3.05, 3.63) is 0 Å². The predicted molar refractivity (Wildman–Crippen MR) is 59.8 cm³/mol. The molecule has 2 unspecified atom stereocenters. The molecule has 0 rings (SSSR count). The molecule has 0 aliphatic carbocycles. The number of sulfonamides is 1. The first-order valence-corrected chi connectivity index (χ1v) is 6.72. The number of hydrogen-bond acceptors (Lipinski definition) is 3. The molecule has 0 spiro atoms. The monoisotopic (exact) mass is 222 g/mol. The number of nitrogens with one attached hydrogen (secondary N) is 2. The zero-order valence-electron chi connectivity index (χ0n) is 9.50. The molecule has 0 aromatic rings. The molecule has 2 N–H and O–H groups in total. The highest BCUT2D eigenvalue weighted by Crippen LogP contribution is 2.07. The summed E-state index contributed by atoms with van der Waals surface area (Å²) in [5.41, 5.74) is 0. The Balaban J connectivity index is 4.08. The van der Waals surface area contributed by atoms with Crippen molar-refractivity contribution >= 4 is 10.0 Å². The summed E-state index contributed by atoms with van der Waals surface area (Å²) in [5, 5.41) is 2.82. The first-order valence-electron chi connectivity index (χ1n) is 5.07. The van der Waals surface area contributed by atoms with Gasteiger partial charge in [0.05, 0.1) is 5.75 Å². The van der Waals surface area contributed by atoms with Crippen LogP contribution in [0.4, 0.5) is 0 Å². The second kappa shape index (κ2) is 6.37. The maximum Gasteiger partial charge on any atom is 0.213 e. The summed E-state index contributed by atoms with van der Waals surface area (Å²) in [6.45, 7) is 6.50. The van der Waals surface area contributed by atoms with Gasteiger partial charge < -0.3 is 5.32 Å². The quantitative estimate of drug-likeness (QED) is 0.662. The van der Waals surface area contributed by atoms with E-state index >= 15 is 0 Å². The maximum atomic E-state index is 11.5. The van der Waals surface area contributed by atoms with Gasteiger partial charge in [0.25, 0.3) is 0 Å². The van der Waals surface area contributed by atoms with Gasteiger partial charge in [-0.15, -0.1) is 0 Å². The maximum absolute atomic E-state index is 11.5. The molecule has 14 heavy (non-hydrogen) atoms. The summed E-state index contributed by atoms with van der Waals surface area (Å²) in [5.74, 6) is 0.518. The highest BCUT2D eigenvalue weighted by molar-refractivity contribution is 7.89. The Labute approximate surface area is 87.5 Å². The SMILES string of the molecule is CCC(C)C(C)NS(=O)(=O)CCNC. The van der Waals surface area contributed by atoms with Crippen molar-refractivity contribution in [3.63, 3.8) is 0 Å². The van der Waals surface area contributed by atoms with E-state index in [0.717, 1.165) is 6.42 Å². The molecule has 0 aliphatic rings. The van der Waals surface area contributed by atoms with Gasteiger partial charge in [-0.05, 0) is 19.9 Å². The molecule has 0 heterocycles. The highest BCUT2D eigenvalue weighted by Gasteiger charge is 2.17. The Morgan fingerprint density at radius 2 is 1.86 bits per heavy atom. The molecule has 0 saturated carbocycles. The summed E-state index contributed by atoms with van der Waals surface area (Å²) < 4.78 is 25.6. The van der Waals surface area contributed by atoms with E-state index in [1.54, 1.807) is 7.05 Å². The molecule has 2 atom stereocenters. The lowest BCUT2D eigenvalue weighted by atomic mass is 10.0. The van der Waals surface area contributed by atoms with E-state index in [-0.39, 0.29) is 11.8 Å². The summed E-state index contributed by atoms with van der Waals surface area (Å²) >= 11 is 0. The lowest BCUT2D eigenvalue weighted by molar-refractivity contribution is 0.434. The predicted octanol–water partition coefficient (Wildman–Crippen LogP) is 0.560. The molecule has 0 aromatic carbocycles. The summed E-state index contributed by atoms with van der Waals surface area (Å²) in [4.78, 5) is 0. The van der Waals surface area contributed by atoms with Crippen molar-refractivity contribution in [1.82, 2.24) is 10.0 Å². The van der Waals surface area contributed by atoms with Crippen LogP contribution >= 0.6 is 0 Å². The molecule has 0 bridgehead atoms. The van der Waals surface area contributed by atoms with Crippen molar-refractivity contribution < 1.29 is 8.42 Å². The van der Waals surface area contributed by atoms with Gasteiger partial charge in [0.1, 0.15) is 0 Å². The fourth-order valence-corrected chi connectivity index (χ4v) is 2.44. The molecule has 0 radical (unpaired) electrons. The van der Waals surface area contributed by atoms with Crippen molar-refractivity contribution in [2.45, 2.75) is 33.2 Å². The van der Waals surface area contributed by atoms with E-state index in [2.05, 4.69) is 17.0 Å². The van der Waals surface area contributed by atoms with E-state index < -0.39 is 10.0 Å². The number of rotatable bonds is 7. The number of hydrogen-bond donors (Lipinski definition) is 2. The zero-order valence-corrected chi connectivity index (χ0v) is 10.3. The molecular weight excluding hydrogens is 200 g/mol. The highest BCUT2D eigenvalue weighted by atomic mass is 32.2. The zero-order chi connectivity index (χ0) is 11.2. The average Bonchev–Trinajstić information content (AvgIpc) is 2.12. The Morgan fingerprint density at radius 3 is 2.29 bits per heavy atom. The van der Waals surface area contributed by atoms with Gasteiger partial charge in [0, 0.05) is 12.6 Å². The minimum Gasteiger partial charge on any atom is -0.319 e. The van der Waals surface area contributed by atoms with E-state index in [1.807, 2.05) is 13.8 Å². The fraction of sp³-hybridized carbons (Fsp3) is 1.00. The molecular formula is C9H22N2O2S. The van der Waals surface area contributed by atoms with Crippen LogP contribution in [0, 0.1) is 5.92 Å². The summed E-state index contributed by atoms with van der Waals surface area (Å²) in [6, 6.07) is 0.0156. The molecule has 0 aliphatic heterocycles. The van der Waals surface area contributed by atoms with Crippen LogP contribution in [0.3, 0.4) is 0 Å². The van der Waals surface area contributed by atoms with Gasteiger partial charge in [-0.2, -0.15) is 0 Å². The van der Waals surface area contributed by atoms with Crippen molar-refractivity contribution in [1.29, 1.82) is 0 Å². The van der Waals surface area contributed by atoms with E-state index in [4.69, 9.17) is 0 Å². The molecule has 4 nitrogen and oxygen atoms in total. The third kappa shape index (κ3) is 5.57. The van der Waals surface area contributed by atoms with Crippen molar-refractivity contribution in [2.24, 2.45) is 5.92 Å². The summed E-state index contributed by atoms with van der Waals surface area (Å²) in [6.07, 6.45) is 0.982. The standard InChI is InChI=1S/C9H22N2O2S/c1-5-8(2)9(3)11-14(12,13)7-6-10-4/h8-11H,5-7H2,1-4H3. The average molecular weight is 222 g/mol. The lowest BCUT2D eigenvalue weighted by Crippen LogP contribution is -2.39. The Hall–Kier alpha value is -0.130. The Kier molecular flexibility index (Phi) is 6.31. The Morgan fingerprint density at radius 1 is 1.29 bits per heavy atom. The largest absolute Gasteiger partial charge is 0.319 e. The second-order valence-electron chi connectivity index (χ2n) is 3.71. The van der Waals surface area contributed by atoms with Crippen LogP contribution in [0.5, 0.6) is 0 Å². The fourth-order valence-electron chi connectivity index (χ4n) is 1.05. The van der Waals surface area contributed by atoms with Gasteiger partial charge in [0.15, 0.2) is 0 Å². The van der Waals surface area contributed by atoms with E-state index in [0.29, 0.717) is 12.5 Å². The minimum absolute atomic E-state index is 0.0156.